The van der Waals surface area contributed by atoms with Crippen molar-refractivity contribution in [2.45, 2.75) is 19.6 Å². The fraction of sp³-hybridized carbons (Fsp3) is 0.222. The summed E-state index contributed by atoms with van der Waals surface area (Å²) in [5.74, 6) is 0.879. The van der Waals surface area contributed by atoms with Gasteiger partial charge in [-0.3, -0.25) is 9.59 Å². The van der Waals surface area contributed by atoms with Crippen LogP contribution in [0.25, 0.3) is 0 Å². The van der Waals surface area contributed by atoms with Gasteiger partial charge in [0.2, 0.25) is 0 Å². The minimum atomic E-state index is -0.719. The maximum absolute atomic E-state index is 12.2. The average Bonchev–Trinajstić information content (AvgIpc) is 2.61. The second-order valence-electron chi connectivity index (χ2n) is 5.13. The molecule has 0 spiro atoms. The van der Waals surface area contributed by atoms with Crippen LogP contribution in [-0.2, 0) is 11.3 Å². The average molecular weight is 392 g/mol. The van der Waals surface area contributed by atoms with Crippen LogP contribution in [0.15, 0.2) is 46.9 Å². The zero-order valence-electron chi connectivity index (χ0n) is 13.4. The minimum absolute atomic E-state index is 0.259. The van der Waals surface area contributed by atoms with Gasteiger partial charge >= 0.3 is 0 Å². The lowest BCUT2D eigenvalue weighted by Gasteiger charge is -2.16. The molecule has 0 saturated heterocycles. The monoisotopic (exact) mass is 391 g/mol. The molecule has 6 heteroatoms. The van der Waals surface area contributed by atoms with Crippen LogP contribution < -0.4 is 14.8 Å². The van der Waals surface area contributed by atoms with E-state index >= 15 is 0 Å². The molecule has 0 aliphatic rings. The smallest absolute Gasteiger partial charge is 0.261 e. The van der Waals surface area contributed by atoms with Crippen molar-refractivity contribution in [1.82, 2.24) is 5.32 Å². The summed E-state index contributed by atoms with van der Waals surface area (Å²) in [4.78, 5) is 23.2. The number of carbonyl (C=O) groups excluding carboxylic acids is 2. The van der Waals surface area contributed by atoms with Crippen molar-refractivity contribution in [2.75, 3.05) is 7.11 Å². The number of aldehydes is 1. The molecule has 2 aromatic carbocycles. The van der Waals surface area contributed by atoms with E-state index in [0.717, 1.165) is 15.8 Å². The highest BCUT2D eigenvalue weighted by Crippen LogP contribution is 2.22. The Kier molecular flexibility index (Phi) is 6.37. The highest BCUT2D eigenvalue weighted by molar-refractivity contribution is 9.10. The van der Waals surface area contributed by atoms with E-state index in [1.54, 1.807) is 32.2 Å². The predicted octanol–water partition coefficient (Wildman–Crippen LogP) is 3.35. The molecule has 1 atom stereocenters. The first-order chi connectivity index (χ1) is 11.5. The first-order valence-corrected chi connectivity index (χ1v) is 8.15. The molecule has 24 heavy (non-hydrogen) atoms. The zero-order valence-corrected chi connectivity index (χ0v) is 15.0. The molecule has 0 fully saturated rings. The van der Waals surface area contributed by atoms with Crippen molar-refractivity contribution >= 4 is 28.1 Å². The molecule has 126 valence electrons. The molecule has 0 saturated carbocycles. The summed E-state index contributed by atoms with van der Waals surface area (Å²) in [6, 6.07) is 12.5. The number of carbonyl (C=O) groups is 2. The summed E-state index contributed by atoms with van der Waals surface area (Å²) < 4.78 is 11.5. The van der Waals surface area contributed by atoms with Crippen molar-refractivity contribution in [3.63, 3.8) is 0 Å². The van der Waals surface area contributed by atoms with Gasteiger partial charge in [-0.2, -0.15) is 0 Å². The summed E-state index contributed by atoms with van der Waals surface area (Å²) >= 11 is 3.29. The quantitative estimate of drug-likeness (QED) is 0.734. The van der Waals surface area contributed by atoms with Crippen molar-refractivity contribution in [2.24, 2.45) is 0 Å². The molecule has 2 rings (SSSR count). The number of ether oxygens (including phenoxy) is 2. The van der Waals surface area contributed by atoms with E-state index in [1.165, 1.54) is 0 Å². The van der Waals surface area contributed by atoms with E-state index < -0.39 is 6.10 Å². The van der Waals surface area contributed by atoms with Crippen LogP contribution in [0.4, 0.5) is 0 Å². The van der Waals surface area contributed by atoms with Crippen molar-refractivity contribution in [1.29, 1.82) is 0 Å². The van der Waals surface area contributed by atoms with Crippen molar-refractivity contribution in [3.05, 3.63) is 58.1 Å². The third kappa shape index (κ3) is 4.83. The number of hydrogen-bond acceptors (Lipinski definition) is 4. The molecule has 1 N–H and O–H groups in total. The molecule has 0 aliphatic heterocycles. The normalized spacial score (nSPS) is 11.5. The SMILES string of the molecule is COc1ccc(CNC(=O)[C@H](C)Oc2ccc(Br)cc2C=O)cc1. The largest absolute Gasteiger partial charge is 0.497 e. The fourth-order valence-corrected chi connectivity index (χ4v) is 2.42. The van der Waals surface area contributed by atoms with Crippen LogP contribution in [0.2, 0.25) is 0 Å². The number of rotatable bonds is 7. The Morgan fingerprint density at radius 2 is 1.96 bits per heavy atom. The Balaban J connectivity index is 1.93. The van der Waals surface area contributed by atoms with Gasteiger partial charge in [0.25, 0.3) is 5.91 Å². The molecule has 0 radical (unpaired) electrons. The Morgan fingerprint density at radius 1 is 1.25 bits per heavy atom. The predicted molar refractivity (Wildman–Crippen MR) is 94.5 cm³/mol. The highest BCUT2D eigenvalue weighted by Gasteiger charge is 2.16. The molecule has 0 unspecified atom stereocenters. The summed E-state index contributed by atoms with van der Waals surface area (Å²) in [5.41, 5.74) is 1.34. The third-order valence-electron chi connectivity index (χ3n) is 3.40. The molecule has 0 aromatic heterocycles. The number of nitrogens with one attached hydrogen (secondary N) is 1. The number of amides is 1. The lowest BCUT2D eigenvalue weighted by Crippen LogP contribution is -2.36. The van der Waals surface area contributed by atoms with E-state index in [4.69, 9.17) is 9.47 Å². The maximum Gasteiger partial charge on any atom is 0.261 e. The Morgan fingerprint density at radius 3 is 2.58 bits per heavy atom. The Labute approximate surface area is 149 Å². The third-order valence-corrected chi connectivity index (χ3v) is 3.89. The second kappa shape index (κ2) is 8.49. The molecular formula is C18H18BrNO4. The van der Waals surface area contributed by atoms with Crippen LogP contribution in [0.3, 0.4) is 0 Å². The van der Waals surface area contributed by atoms with Gasteiger partial charge in [-0.05, 0) is 42.8 Å². The standard InChI is InChI=1S/C18H18BrNO4/c1-12(24-17-8-5-15(19)9-14(17)11-21)18(22)20-10-13-3-6-16(23-2)7-4-13/h3-9,11-12H,10H2,1-2H3,(H,20,22)/t12-/m0/s1. The molecule has 2 aromatic rings. The van der Waals surface area contributed by atoms with E-state index in [0.29, 0.717) is 24.1 Å². The maximum atomic E-state index is 12.2. The zero-order chi connectivity index (χ0) is 17.5. The summed E-state index contributed by atoms with van der Waals surface area (Å²) in [6.07, 6.45) is -0.0228. The van der Waals surface area contributed by atoms with Crippen LogP contribution >= 0.6 is 15.9 Å². The molecule has 5 nitrogen and oxygen atoms in total. The van der Waals surface area contributed by atoms with E-state index in [1.807, 2.05) is 24.3 Å². The summed E-state index contributed by atoms with van der Waals surface area (Å²) in [5, 5.41) is 2.80. The lowest BCUT2D eigenvalue weighted by atomic mass is 10.2. The lowest BCUT2D eigenvalue weighted by molar-refractivity contribution is -0.127. The van der Waals surface area contributed by atoms with Gasteiger partial charge in [0.15, 0.2) is 12.4 Å². The molecule has 0 aliphatic carbocycles. The molecule has 0 heterocycles. The number of hydrogen-bond donors (Lipinski definition) is 1. The van der Waals surface area contributed by atoms with Gasteiger partial charge in [0.1, 0.15) is 11.5 Å². The summed E-state index contributed by atoms with van der Waals surface area (Å²) in [6.45, 7) is 2.03. The molecule has 1 amide bonds. The van der Waals surface area contributed by atoms with E-state index in [2.05, 4.69) is 21.2 Å². The van der Waals surface area contributed by atoms with Crippen molar-refractivity contribution in [3.8, 4) is 11.5 Å². The van der Waals surface area contributed by atoms with E-state index in [9.17, 15) is 9.59 Å². The van der Waals surface area contributed by atoms with Gasteiger partial charge in [0.05, 0.1) is 12.7 Å². The van der Waals surface area contributed by atoms with Gasteiger partial charge in [-0.1, -0.05) is 28.1 Å². The van der Waals surface area contributed by atoms with E-state index in [-0.39, 0.29) is 5.91 Å². The van der Waals surface area contributed by atoms with Crippen LogP contribution in [0, 0.1) is 0 Å². The summed E-state index contributed by atoms with van der Waals surface area (Å²) in [7, 11) is 1.60. The van der Waals surface area contributed by atoms with Crippen LogP contribution in [0.1, 0.15) is 22.8 Å². The Bertz CT molecular complexity index is 715. The fourth-order valence-electron chi connectivity index (χ4n) is 2.04. The first kappa shape index (κ1) is 18.0. The van der Waals surface area contributed by atoms with Gasteiger partial charge in [-0.15, -0.1) is 0 Å². The van der Waals surface area contributed by atoms with Crippen LogP contribution in [0.5, 0.6) is 11.5 Å². The number of methoxy groups -OCH3 is 1. The van der Waals surface area contributed by atoms with Gasteiger partial charge in [0, 0.05) is 11.0 Å². The second-order valence-corrected chi connectivity index (χ2v) is 6.04. The number of halogens is 1. The molecular weight excluding hydrogens is 374 g/mol. The minimum Gasteiger partial charge on any atom is -0.497 e. The van der Waals surface area contributed by atoms with Gasteiger partial charge in [-0.25, -0.2) is 0 Å². The highest BCUT2D eigenvalue weighted by atomic mass is 79.9. The van der Waals surface area contributed by atoms with Gasteiger partial charge < -0.3 is 14.8 Å². The van der Waals surface area contributed by atoms with Crippen molar-refractivity contribution < 1.29 is 19.1 Å². The molecule has 0 bridgehead atoms. The topological polar surface area (TPSA) is 64.6 Å². The Hall–Kier alpha value is -2.34. The van der Waals surface area contributed by atoms with Crippen LogP contribution in [-0.4, -0.2) is 25.4 Å². The first-order valence-electron chi connectivity index (χ1n) is 7.35. The number of benzene rings is 2.